The van der Waals surface area contributed by atoms with E-state index in [4.69, 9.17) is 0 Å². The molecule has 0 unspecified atom stereocenters. The minimum Gasteiger partial charge on any atom is -0.369 e. The predicted molar refractivity (Wildman–Crippen MR) is 72.5 cm³/mol. The highest BCUT2D eigenvalue weighted by Gasteiger charge is 1.99. The zero-order valence-corrected chi connectivity index (χ0v) is 10.6. The first-order chi connectivity index (χ1) is 8.78. The van der Waals surface area contributed by atoms with Gasteiger partial charge in [-0.05, 0) is 26.0 Å². The van der Waals surface area contributed by atoms with E-state index in [1.54, 1.807) is 12.4 Å². The van der Waals surface area contributed by atoms with Crippen LogP contribution in [-0.4, -0.2) is 21.5 Å². The second-order valence-corrected chi connectivity index (χ2v) is 3.94. The molecule has 5 nitrogen and oxygen atoms in total. The van der Waals surface area contributed by atoms with Crippen LogP contribution in [0.25, 0.3) is 0 Å². The van der Waals surface area contributed by atoms with E-state index in [1.165, 1.54) is 0 Å². The van der Waals surface area contributed by atoms with E-state index in [-0.39, 0.29) is 0 Å². The third kappa shape index (κ3) is 3.41. The molecular formula is C13H17N5. The fourth-order valence-electron chi connectivity index (χ4n) is 1.60. The lowest BCUT2D eigenvalue weighted by molar-refractivity contribution is 0.996. The fraction of sp³-hybridized carbons (Fsp3) is 0.308. The van der Waals surface area contributed by atoms with E-state index in [0.29, 0.717) is 6.54 Å². The molecule has 0 spiro atoms. The van der Waals surface area contributed by atoms with E-state index < -0.39 is 0 Å². The summed E-state index contributed by atoms with van der Waals surface area (Å²) in [7, 11) is 0. The van der Waals surface area contributed by atoms with Crippen LogP contribution in [0.15, 0.2) is 30.6 Å². The van der Waals surface area contributed by atoms with Crippen molar-refractivity contribution in [3.8, 4) is 0 Å². The van der Waals surface area contributed by atoms with Crippen LogP contribution < -0.4 is 10.6 Å². The lowest BCUT2D eigenvalue weighted by Crippen LogP contribution is -2.06. The number of hydrogen-bond acceptors (Lipinski definition) is 5. The summed E-state index contributed by atoms with van der Waals surface area (Å²) in [4.78, 5) is 12.9. The van der Waals surface area contributed by atoms with Crippen molar-refractivity contribution in [3.05, 3.63) is 42.0 Å². The van der Waals surface area contributed by atoms with Crippen molar-refractivity contribution < 1.29 is 0 Å². The highest BCUT2D eigenvalue weighted by atomic mass is 15.1. The van der Waals surface area contributed by atoms with Crippen molar-refractivity contribution in [1.82, 2.24) is 15.0 Å². The Kier molecular flexibility index (Phi) is 4.06. The summed E-state index contributed by atoms with van der Waals surface area (Å²) in [5.74, 6) is 1.52. The monoisotopic (exact) mass is 243 g/mol. The number of nitrogens with zero attached hydrogens (tertiary/aromatic N) is 3. The number of rotatable bonds is 5. The van der Waals surface area contributed by atoms with Gasteiger partial charge in [0.15, 0.2) is 0 Å². The molecule has 2 aromatic heterocycles. The normalized spacial score (nSPS) is 10.1. The van der Waals surface area contributed by atoms with Crippen molar-refractivity contribution in [2.24, 2.45) is 0 Å². The molecule has 94 valence electrons. The summed E-state index contributed by atoms with van der Waals surface area (Å²) in [5.41, 5.74) is 2.01. The second kappa shape index (κ2) is 5.95. The zero-order valence-electron chi connectivity index (χ0n) is 10.6. The summed E-state index contributed by atoms with van der Waals surface area (Å²) in [5, 5.41) is 6.34. The third-order valence-corrected chi connectivity index (χ3v) is 2.39. The van der Waals surface area contributed by atoms with Crippen LogP contribution in [0.1, 0.15) is 18.3 Å². The van der Waals surface area contributed by atoms with Crippen molar-refractivity contribution in [1.29, 1.82) is 0 Å². The average Bonchev–Trinajstić information content (AvgIpc) is 2.37. The molecule has 0 aliphatic heterocycles. The van der Waals surface area contributed by atoms with Gasteiger partial charge in [0.1, 0.15) is 11.6 Å². The van der Waals surface area contributed by atoms with E-state index in [2.05, 4.69) is 25.6 Å². The van der Waals surface area contributed by atoms with E-state index in [1.807, 2.05) is 32.0 Å². The van der Waals surface area contributed by atoms with Crippen molar-refractivity contribution in [2.75, 3.05) is 17.2 Å². The third-order valence-electron chi connectivity index (χ3n) is 2.39. The van der Waals surface area contributed by atoms with Gasteiger partial charge in [-0.1, -0.05) is 6.07 Å². The first-order valence-corrected chi connectivity index (χ1v) is 6.00. The fourth-order valence-corrected chi connectivity index (χ4v) is 1.60. The predicted octanol–water partition coefficient (Wildman–Crippen LogP) is 2.22. The lowest BCUT2D eigenvalue weighted by Gasteiger charge is -2.07. The first-order valence-electron chi connectivity index (χ1n) is 6.00. The molecule has 2 heterocycles. The topological polar surface area (TPSA) is 62.7 Å². The van der Waals surface area contributed by atoms with Gasteiger partial charge in [-0.3, -0.25) is 9.97 Å². The van der Waals surface area contributed by atoms with Gasteiger partial charge >= 0.3 is 0 Å². The average molecular weight is 243 g/mol. The molecule has 0 aliphatic carbocycles. The molecule has 0 saturated carbocycles. The number of hydrogen-bond donors (Lipinski definition) is 2. The Hall–Kier alpha value is -2.17. The van der Waals surface area contributed by atoms with Crippen LogP contribution in [0.4, 0.5) is 11.6 Å². The summed E-state index contributed by atoms with van der Waals surface area (Å²) in [6.07, 6.45) is 3.41. The standard InChI is InChI=1S/C13H17N5/c1-3-15-12-8-14-9-13(18-12)16-7-11-6-4-5-10(2)17-11/h4-6,8-9H,3,7H2,1-2H3,(H2,15,16,18). The zero-order chi connectivity index (χ0) is 12.8. The maximum Gasteiger partial charge on any atom is 0.147 e. The molecule has 0 atom stereocenters. The molecule has 2 aromatic rings. The molecule has 0 amide bonds. The van der Waals surface area contributed by atoms with Crippen LogP contribution in [0.2, 0.25) is 0 Å². The highest BCUT2D eigenvalue weighted by Crippen LogP contribution is 2.08. The Labute approximate surface area is 107 Å². The van der Waals surface area contributed by atoms with Gasteiger partial charge in [0, 0.05) is 12.2 Å². The summed E-state index contributed by atoms with van der Waals surface area (Å²) in [6, 6.07) is 5.97. The van der Waals surface area contributed by atoms with Crippen molar-refractivity contribution in [3.63, 3.8) is 0 Å². The molecule has 0 fully saturated rings. The molecule has 5 heteroatoms. The Morgan fingerprint density at radius 1 is 1.06 bits per heavy atom. The molecule has 18 heavy (non-hydrogen) atoms. The SMILES string of the molecule is CCNc1cncc(NCc2cccc(C)n2)n1. The first kappa shape index (κ1) is 12.3. The quantitative estimate of drug-likeness (QED) is 0.843. The number of pyridine rings is 1. The summed E-state index contributed by atoms with van der Waals surface area (Å²) in [6.45, 7) is 5.48. The number of aryl methyl sites for hydroxylation is 1. The van der Waals surface area contributed by atoms with Gasteiger partial charge in [0.25, 0.3) is 0 Å². The van der Waals surface area contributed by atoms with Crippen LogP contribution >= 0.6 is 0 Å². The molecule has 0 radical (unpaired) electrons. The van der Waals surface area contributed by atoms with Gasteiger partial charge in [0.05, 0.1) is 24.6 Å². The molecule has 0 aromatic carbocycles. The highest BCUT2D eigenvalue weighted by molar-refractivity contribution is 5.41. The van der Waals surface area contributed by atoms with Gasteiger partial charge in [-0.25, -0.2) is 4.98 Å². The van der Waals surface area contributed by atoms with Gasteiger partial charge < -0.3 is 10.6 Å². The minimum atomic E-state index is 0.645. The smallest absolute Gasteiger partial charge is 0.147 e. The lowest BCUT2D eigenvalue weighted by atomic mass is 10.3. The van der Waals surface area contributed by atoms with Gasteiger partial charge in [-0.15, -0.1) is 0 Å². The molecule has 0 saturated heterocycles. The van der Waals surface area contributed by atoms with E-state index >= 15 is 0 Å². The summed E-state index contributed by atoms with van der Waals surface area (Å²) < 4.78 is 0. The maximum atomic E-state index is 4.42. The van der Waals surface area contributed by atoms with Gasteiger partial charge in [0.2, 0.25) is 0 Å². The van der Waals surface area contributed by atoms with Crippen LogP contribution in [0, 0.1) is 6.92 Å². The number of nitrogens with one attached hydrogen (secondary N) is 2. The molecule has 0 bridgehead atoms. The number of anilines is 2. The minimum absolute atomic E-state index is 0.645. The Morgan fingerprint density at radius 2 is 1.83 bits per heavy atom. The largest absolute Gasteiger partial charge is 0.369 e. The van der Waals surface area contributed by atoms with Crippen molar-refractivity contribution in [2.45, 2.75) is 20.4 Å². The Bertz CT molecular complexity index is 512. The molecule has 0 aliphatic rings. The maximum absolute atomic E-state index is 4.42. The molecule has 2 N–H and O–H groups in total. The summed E-state index contributed by atoms with van der Waals surface area (Å²) >= 11 is 0. The number of aromatic nitrogens is 3. The molecule has 2 rings (SSSR count). The second-order valence-electron chi connectivity index (χ2n) is 3.94. The van der Waals surface area contributed by atoms with E-state index in [0.717, 1.165) is 29.6 Å². The van der Waals surface area contributed by atoms with Crippen LogP contribution in [0.3, 0.4) is 0 Å². The Morgan fingerprint density at radius 3 is 2.56 bits per heavy atom. The molecular weight excluding hydrogens is 226 g/mol. The van der Waals surface area contributed by atoms with E-state index in [9.17, 15) is 0 Å². The van der Waals surface area contributed by atoms with Crippen LogP contribution in [0.5, 0.6) is 0 Å². The Balaban J connectivity index is 1.99. The van der Waals surface area contributed by atoms with Gasteiger partial charge in [-0.2, -0.15) is 0 Å². The van der Waals surface area contributed by atoms with Crippen molar-refractivity contribution >= 4 is 11.6 Å². The van der Waals surface area contributed by atoms with Crippen LogP contribution in [-0.2, 0) is 6.54 Å².